The van der Waals surface area contributed by atoms with E-state index in [0.29, 0.717) is 19.0 Å². The van der Waals surface area contributed by atoms with E-state index in [2.05, 4.69) is 42.5 Å². The van der Waals surface area contributed by atoms with Gasteiger partial charge in [0, 0.05) is 32.5 Å². The van der Waals surface area contributed by atoms with Crippen LogP contribution in [0.15, 0.2) is 93.9 Å². The number of amides is 4. The van der Waals surface area contributed by atoms with Gasteiger partial charge in [-0.25, -0.2) is 9.59 Å². The maximum Gasteiger partial charge on any atom is 0.346 e. The van der Waals surface area contributed by atoms with Crippen LogP contribution in [0.5, 0.6) is 11.5 Å². The molecule has 214 valence electrons. The Morgan fingerprint density at radius 3 is 1.55 bits per heavy atom. The fourth-order valence-electron chi connectivity index (χ4n) is 3.68. The molecule has 4 amide bonds. The van der Waals surface area contributed by atoms with E-state index < -0.39 is 56.2 Å². The number of carbonyl (C=O) groups is 2. The van der Waals surface area contributed by atoms with Gasteiger partial charge in [0.1, 0.15) is 22.9 Å². The second kappa shape index (κ2) is 12.5. The normalized spacial score (nSPS) is 10.4. The number of rotatable bonds is 6. The number of nitrogens with zero attached hydrogens (tertiary/aromatic N) is 4. The summed E-state index contributed by atoms with van der Waals surface area (Å²) in [6, 6.07) is 16.2. The van der Waals surface area contributed by atoms with Crippen LogP contribution in [-0.4, -0.2) is 32.1 Å². The number of hydrogen-bond acceptors (Lipinski definition) is 8. The summed E-state index contributed by atoms with van der Waals surface area (Å²) in [5.41, 5.74) is -1.31. The number of benzene rings is 4. The van der Waals surface area contributed by atoms with Crippen molar-refractivity contribution >= 4 is 78.0 Å². The average molecular weight is 702 g/mol. The van der Waals surface area contributed by atoms with Gasteiger partial charge in [-0.15, -0.1) is 0 Å². The summed E-state index contributed by atoms with van der Waals surface area (Å²) < 4.78 is 1.30. The first-order chi connectivity index (χ1) is 19.9. The Bertz CT molecular complexity index is 1700. The van der Waals surface area contributed by atoms with Crippen molar-refractivity contribution in [1.82, 2.24) is 0 Å². The molecule has 0 saturated heterocycles. The van der Waals surface area contributed by atoms with Crippen molar-refractivity contribution in [2.45, 2.75) is 0 Å². The van der Waals surface area contributed by atoms with E-state index in [9.17, 15) is 40.0 Å². The molecule has 0 saturated carbocycles. The number of nitro benzene ring substituents is 2. The fourth-order valence-corrected chi connectivity index (χ4v) is 4.34. The first-order valence-corrected chi connectivity index (χ1v) is 13.2. The predicted octanol–water partition coefficient (Wildman–Crippen LogP) is 7.13. The molecule has 0 unspecified atom stereocenters. The van der Waals surface area contributed by atoms with Crippen LogP contribution in [0.4, 0.5) is 43.7 Å². The lowest BCUT2D eigenvalue weighted by atomic mass is 10.2. The molecule has 4 N–H and O–H groups in total. The molecule has 0 aliphatic rings. The Hall–Kier alpha value is -5.22. The van der Waals surface area contributed by atoms with Crippen molar-refractivity contribution in [2.24, 2.45) is 0 Å². The van der Waals surface area contributed by atoms with Crippen LogP contribution in [0.3, 0.4) is 0 Å². The number of phenols is 2. The number of phenolic OH excluding ortho intramolecular Hbond substituents is 2. The molecule has 42 heavy (non-hydrogen) atoms. The third-order valence-corrected chi connectivity index (χ3v) is 6.57. The van der Waals surface area contributed by atoms with E-state index in [1.54, 1.807) is 30.3 Å². The lowest BCUT2D eigenvalue weighted by molar-refractivity contribution is -0.385. The van der Waals surface area contributed by atoms with Gasteiger partial charge >= 0.3 is 12.1 Å². The Kier molecular flexibility index (Phi) is 8.87. The SMILES string of the molecule is O=C(Nc1ccc(Br)cc1)N(c1ccc([N+](=O)[O-])cc1O)N(C(=O)Nc1cccc(Br)c1)c1ccc([N+](=O)[O-])cc1O. The number of nitro groups is 2. The van der Waals surface area contributed by atoms with Crippen molar-refractivity contribution in [1.29, 1.82) is 0 Å². The summed E-state index contributed by atoms with van der Waals surface area (Å²) in [4.78, 5) is 48.7. The average Bonchev–Trinajstić information content (AvgIpc) is 2.93. The summed E-state index contributed by atoms with van der Waals surface area (Å²) in [6.07, 6.45) is 0. The highest BCUT2D eigenvalue weighted by molar-refractivity contribution is 9.10. The topological polar surface area (TPSA) is 191 Å². The van der Waals surface area contributed by atoms with Gasteiger partial charge < -0.3 is 20.8 Å². The molecule has 0 spiro atoms. The van der Waals surface area contributed by atoms with E-state index in [1.165, 1.54) is 18.2 Å². The molecule has 0 aromatic heterocycles. The largest absolute Gasteiger partial charge is 0.505 e. The molecule has 4 aromatic carbocycles. The van der Waals surface area contributed by atoms with Crippen molar-refractivity contribution in [3.05, 3.63) is 114 Å². The number of carbonyl (C=O) groups excluding carboxylic acids is 2. The molecular weight excluding hydrogens is 684 g/mol. The fraction of sp³-hybridized carbons (Fsp3) is 0. The molecule has 0 bridgehead atoms. The summed E-state index contributed by atoms with van der Waals surface area (Å²) in [5, 5.41) is 50.6. The third-order valence-electron chi connectivity index (χ3n) is 5.55. The number of halogens is 2. The highest BCUT2D eigenvalue weighted by Crippen LogP contribution is 2.38. The second-order valence-corrected chi connectivity index (χ2v) is 10.2. The van der Waals surface area contributed by atoms with Gasteiger partial charge in [-0.3, -0.25) is 20.2 Å². The highest BCUT2D eigenvalue weighted by Gasteiger charge is 2.34. The van der Waals surface area contributed by atoms with E-state index in [1.807, 2.05) is 0 Å². The van der Waals surface area contributed by atoms with Crippen LogP contribution < -0.4 is 20.7 Å². The van der Waals surface area contributed by atoms with E-state index in [0.717, 1.165) is 36.4 Å². The number of anilines is 4. The quantitative estimate of drug-likeness (QED) is 0.120. The van der Waals surface area contributed by atoms with Gasteiger partial charge in [0.05, 0.1) is 22.0 Å². The summed E-state index contributed by atoms with van der Waals surface area (Å²) >= 11 is 6.58. The molecular formula is C26H18Br2N6O8. The molecule has 4 rings (SSSR count). The lowest BCUT2D eigenvalue weighted by Gasteiger charge is -2.35. The van der Waals surface area contributed by atoms with Crippen LogP contribution >= 0.6 is 31.9 Å². The number of hydrogen-bond donors (Lipinski definition) is 4. The van der Waals surface area contributed by atoms with E-state index in [4.69, 9.17) is 0 Å². The van der Waals surface area contributed by atoms with Gasteiger partial charge in [0.2, 0.25) is 0 Å². The van der Waals surface area contributed by atoms with Crippen LogP contribution in [0, 0.1) is 20.2 Å². The molecule has 0 atom stereocenters. The Balaban J connectivity index is 1.91. The molecule has 0 aliphatic carbocycles. The lowest BCUT2D eigenvalue weighted by Crippen LogP contribution is -2.54. The minimum absolute atomic E-state index is 0.252. The van der Waals surface area contributed by atoms with E-state index >= 15 is 0 Å². The van der Waals surface area contributed by atoms with Crippen molar-refractivity contribution in [3.8, 4) is 11.5 Å². The number of hydrazine groups is 1. The summed E-state index contributed by atoms with van der Waals surface area (Å²) in [6.45, 7) is 0. The first kappa shape index (κ1) is 29.8. The molecule has 0 fully saturated rings. The third kappa shape index (κ3) is 6.73. The number of urea groups is 2. The zero-order valence-electron chi connectivity index (χ0n) is 21.0. The van der Waals surface area contributed by atoms with Crippen molar-refractivity contribution in [3.63, 3.8) is 0 Å². The first-order valence-electron chi connectivity index (χ1n) is 11.6. The molecule has 0 aliphatic heterocycles. The van der Waals surface area contributed by atoms with Gasteiger partial charge in [-0.05, 0) is 54.6 Å². The maximum atomic E-state index is 13.8. The predicted molar refractivity (Wildman–Crippen MR) is 161 cm³/mol. The summed E-state index contributed by atoms with van der Waals surface area (Å²) in [5.74, 6) is -1.53. The highest BCUT2D eigenvalue weighted by atomic mass is 79.9. The minimum atomic E-state index is -1.05. The number of aromatic hydroxyl groups is 2. The van der Waals surface area contributed by atoms with Crippen LogP contribution in [-0.2, 0) is 0 Å². The second-order valence-electron chi connectivity index (χ2n) is 8.36. The van der Waals surface area contributed by atoms with Crippen molar-refractivity contribution < 1.29 is 29.6 Å². The van der Waals surface area contributed by atoms with Crippen LogP contribution in [0.25, 0.3) is 0 Å². The Labute approximate surface area is 253 Å². The van der Waals surface area contributed by atoms with Gasteiger partial charge in [0.25, 0.3) is 11.4 Å². The molecule has 0 heterocycles. The monoisotopic (exact) mass is 700 g/mol. The summed E-state index contributed by atoms with van der Waals surface area (Å²) in [7, 11) is 0. The standard InChI is InChI=1S/C26H18Br2N6O8/c27-15-4-6-17(7-5-15)29-25(37)31(21-10-8-19(33(39)40)13-23(21)35)32(22-11-9-20(34(41)42)14-24(22)36)26(38)30-18-3-1-2-16(28)12-18/h1-14,35-36H,(H,29,37)(H,30,38). The molecule has 0 radical (unpaired) electrons. The zero-order valence-corrected chi connectivity index (χ0v) is 24.1. The Morgan fingerprint density at radius 2 is 1.12 bits per heavy atom. The Morgan fingerprint density at radius 1 is 0.643 bits per heavy atom. The van der Waals surface area contributed by atoms with Gasteiger partial charge in [-0.1, -0.05) is 37.9 Å². The minimum Gasteiger partial charge on any atom is -0.505 e. The van der Waals surface area contributed by atoms with Crippen molar-refractivity contribution in [2.75, 3.05) is 20.7 Å². The molecule has 14 nitrogen and oxygen atoms in total. The number of nitrogens with one attached hydrogen (secondary N) is 2. The number of non-ortho nitro benzene ring substituents is 2. The van der Waals surface area contributed by atoms with Gasteiger partial charge in [0.15, 0.2) is 0 Å². The molecule has 16 heteroatoms. The van der Waals surface area contributed by atoms with Crippen LogP contribution in [0.1, 0.15) is 0 Å². The van der Waals surface area contributed by atoms with Crippen LogP contribution in [0.2, 0.25) is 0 Å². The maximum absolute atomic E-state index is 13.8. The van der Waals surface area contributed by atoms with E-state index in [-0.39, 0.29) is 11.4 Å². The zero-order chi connectivity index (χ0) is 30.6. The molecule has 4 aromatic rings. The smallest absolute Gasteiger partial charge is 0.346 e. The van der Waals surface area contributed by atoms with Gasteiger partial charge in [-0.2, -0.15) is 10.0 Å².